The first-order valence-electron chi connectivity index (χ1n) is 6.56. The van der Waals surface area contributed by atoms with Gasteiger partial charge in [-0.2, -0.15) is 5.26 Å². The van der Waals surface area contributed by atoms with E-state index in [0.717, 1.165) is 6.42 Å². The van der Waals surface area contributed by atoms with Crippen LogP contribution in [0.2, 0.25) is 0 Å². The van der Waals surface area contributed by atoms with E-state index < -0.39 is 4.92 Å². The van der Waals surface area contributed by atoms with Crippen LogP contribution in [0.5, 0.6) is 0 Å². The van der Waals surface area contributed by atoms with Crippen molar-refractivity contribution >= 4 is 11.4 Å². The van der Waals surface area contributed by atoms with Gasteiger partial charge in [0.05, 0.1) is 28.8 Å². The van der Waals surface area contributed by atoms with Crippen molar-refractivity contribution in [2.45, 2.75) is 25.9 Å². The zero-order valence-electron chi connectivity index (χ0n) is 11.6. The number of rotatable bonds is 3. The van der Waals surface area contributed by atoms with E-state index in [1.54, 1.807) is 12.1 Å². The van der Waals surface area contributed by atoms with Gasteiger partial charge in [0.1, 0.15) is 5.69 Å². The molecule has 0 amide bonds. The van der Waals surface area contributed by atoms with Crippen LogP contribution in [0.15, 0.2) is 18.2 Å². The lowest BCUT2D eigenvalue weighted by Gasteiger charge is -2.40. The summed E-state index contributed by atoms with van der Waals surface area (Å²) in [4.78, 5) is 12.7. The Bertz CT molecular complexity index is 567. The molecule has 2 rings (SSSR count). The van der Waals surface area contributed by atoms with Crippen molar-refractivity contribution < 1.29 is 9.66 Å². The average molecular weight is 275 g/mol. The van der Waals surface area contributed by atoms with E-state index in [2.05, 4.69) is 0 Å². The molecule has 0 saturated carbocycles. The number of nitriles is 1. The number of nitro groups is 1. The third-order valence-corrected chi connectivity index (χ3v) is 3.73. The summed E-state index contributed by atoms with van der Waals surface area (Å²) >= 11 is 0. The van der Waals surface area contributed by atoms with Crippen LogP contribution in [-0.2, 0) is 4.74 Å². The molecule has 1 aromatic carbocycles. The highest BCUT2D eigenvalue weighted by atomic mass is 16.6. The molecular formula is C14H17N3O3. The van der Waals surface area contributed by atoms with Gasteiger partial charge in [-0.15, -0.1) is 0 Å². The first kappa shape index (κ1) is 14.3. The molecule has 0 spiro atoms. The molecule has 6 heteroatoms. The number of hydrogen-bond donors (Lipinski definition) is 0. The monoisotopic (exact) mass is 275 g/mol. The minimum atomic E-state index is -0.436. The zero-order chi connectivity index (χ0) is 14.8. The predicted molar refractivity (Wildman–Crippen MR) is 74.7 cm³/mol. The summed E-state index contributed by atoms with van der Waals surface area (Å²) in [6, 6.07) is 6.52. The Balaban J connectivity index is 2.37. The normalized spacial score (nSPS) is 22.4. The Morgan fingerprint density at radius 2 is 2.35 bits per heavy atom. The molecule has 1 fully saturated rings. The summed E-state index contributed by atoms with van der Waals surface area (Å²) in [5.41, 5.74) is 0.536. The van der Waals surface area contributed by atoms with Gasteiger partial charge in [-0.05, 0) is 25.5 Å². The van der Waals surface area contributed by atoms with Crippen molar-refractivity contribution in [2.24, 2.45) is 0 Å². The Morgan fingerprint density at radius 1 is 1.60 bits per heavy atom. The largest absolute Gasteiger partial charge is 0.372 e. The fourth-order valence-corrected chi connectivity index (χ4v) is 2.36. The maximum absolute atomic E-state index is 11.2. The van der Waals surface area contributed by atoms with E-state index in [-0.39, 0.29) is 11.3 Å². The quantitative estimate of drug-likeness (QED) is 0.625. The van der Waals surface area contributed by atoms with Crippen molar-refractivity contribution in [1.29, 1.82) is 5.26 Å². The molecule has 0 radical (unpaired) electrons. The van der Waals surface area contributed by atoms with E-state index in [4.69, 9.17) is 10.00 Å². The molecule has 0 aromatic heterocycles. The molecule has 0 bridgehead atoms. The topological polar surface area (TPSA) is 79.4 Å². The van der Waals surface area contributed by atoms with E-state index in [1.165, 1.54) is 6.07 Å². The van der Waals surface area contributed by atoms with Gasteiger partial charge in [-0.25, -0.2) is 0 Å². The molecule has 1 aliphatic heterocycles. The van der Waals surface area contributed by atoms with Gasteiger partial charge in [0.15, 0.2) is 0 Å². The van der Waals surface area contributed by atoms with Crippen LogP contribution in [0.4, 0.5) is 11.4 Å². The van der Waals surface area contributed by atoms with Gasteiger partial charge in [0.2, 0.25) is 0 Å². The predicted octanol–water partition coefficient (Wildman–Crippen LogP) is 2.47. The molecule has 1 aromatic rings. The van der Waals surface area contributed by atoms with Gasteiger partial charge in [0, 0.05) is 19.2 Å². The van der Waals surface area contributed by atoms with E-state index in [1.807, 2.05) is 24.8 Å². The summed E-state index contributed by atoms with van der Waals surface area (Å²) in [7, 11) is 0. The van der Waals surface area contributed by atoms with Crippen molar-refractivity contribution in [3.63, 3.8) is 0 Å². The van der Waals surface area contributed by atoms with E-state index in [9.17, 15) is 10.1 Å². The zero-order valence-corrected chi connectivity index (χ0v) is 11.6. The standard InChI is InChI=1S/C14H17N3O3/c1-3-14(2)10-16(6-7-20-14)12-5-4-11(9-15)8-13(12)17(18)19/h4-5,8H,3,6-7,10H2,1-2H3. The highest BCUT2D eigenvalue weighted by Crippen LogP contribution is 2.33. The van der Waals surface area contributed by atoms with Crippen molar-refractivity contribution in [1.82, 2.24) is 0 Å². The van der Waals surface area contributed by atoms with Crippen LogP contribution < -0.4 is 4.90 Å². The second-order valence-corrected chi connectivity index (χ2v) is 5.15. The third kappa shape index (κ3) is 2.73. The Kier molecular flexibility index (Phi) is 3.91. The number of nitro benzene ring substituents is 1. The summed E-state index contributed by atoms with van der Waals surface area (Å²) < 4.78 is 5.75. The number of anilines is 1. The minimum absolute atomic E-state index is 0.0237. The van der Waals surface area contributed by atoms with Crippen molar-refractivity contribution in [2.75, 3.05) is 24.6 Å². The fraction of sp³-hybridized carbons (Fsp3) is 0.500. The molecule has 0 aliphatic carbocycles. The first-order valence-corrected chi connectivity index (χ1v) is 6.56. The van der Waals surface area contributed by atoms with Crippen LogP contribution in [-0.4, -0.2) is 30.2 Å². The summed E-state index contributed by atoms with van der Waals surface area (Å²) in [6.07, 6.45) is 0.841. The first-order chi connectivity index (χ1) is 9.49. The van der Waals surface area contributed by atoms with Crippen molar-refractivity contribution in [3.8, 4) is 6.07 Å². The number of hydrogen-bond acceptors (Lipinski definition) is 5. The van der Waals surface area contributed by atoms with Crippen molar-refractivity contribution in [3.05, 3.63) is 33.9 Å². The molecule has 1 aliphatic rings. The lowest BCUT2D eigenvalue weighted by Crippen LogP contribution is -2.50. The number of ether oxygens (including phenoxy) is 1. The molecule has 1 saturated heterocycles. The van der Waals surface area contributed by atoms with E-state index in [0.29, 0.717) is 30.9 Å². The molecule has 1 heterocycles. The molecule has 20 heavy (non-hydrogen) atoms. The second kappa shape index (κ2) is 5.47. The minimum Gasteiger partial charge on any atom is -0.372 e. The third-order valence-electron chi connectivity index (χ3n) is 3.73. The molecular weight excluding hydrogens is 258 g/mol. The average Bonchev–Trinajstić information content (AvgIpc) is 2.46. The van der Waals surface area contributed by atoms with Gasteiger partial charge in [-0.1, -0.05) is 6.92 Å². The second-order valence-electron chi connectivity index (χ2n) is 5.15. The summed E-state index contributed by atoms with van der Waals surface area (Å²) in [5, 5.41) is 20.1. The summed E-state index contributed by atoms with van der Waals surface area (Å²) in [5.74, 6) is 0. The van der Waals surface area contributed by atoms with Crippen LogP contribution in [0, 0.1) is 21.4 Å². The number of nitrogens with zero attached hydrogens (tertiary/aromatic N) is 3. The number of benzene rings is 1. The summed E-state index contributed by atoms with van der Waals surface area (Å²) in [6.45, 7) is 5.81. The maximum atomic E-state index is 11.2. The fourth-order valence-electron chi connectivity index (χ4n) is 2.36. The van der Waals surface area contributed by atoms with Gasteiger partial charge < -0.3 is 9.64 Å². The molecule has 6 nitrogen and oxygen atoms in total. The Hall–Kier alpha value is -2.13. The lowest BCUT2D eigenvalue weighted by molar-refractivity contribution is -0.384. The van der Waals surface area contributed by atoms with Crippen LogP contribution in [0.3, 0.4) is 0 Å². The van der Waals surface area contributed by atoms with Crippen LogP contribution in [0.1, 0.15) is 25.8 Å². The lowest BCUT2D eigenvalue weighted by atomic mass is 10.00. The van der Waals surface area contributed by atoms with Gasteiger partial charge in [0.25, 0.3) is 5.69 Å². The highest BCUT2D eigenvalue weighted by Gasteiger charge is 2.33. The Morgan fingerprint density at radius 3 is 2.95 bits per heavy atom. The highest BCUT2D eigenvalue weighted by molar-refractivity contribution is 5.66. The van der Waals surface area contributed by atoms with Crippen LogP contribution >= 0.6 is 0 Å². The molecule has 106 valence electrons. The smallest absolute Gasteiger partial charge is 0.293 e. The molecule has 1 atom stereocenters. The van der Waals surface area contributed by atoms with E-state index >= 15 is 0 Å². The maximum Gasteiger partial charge on any atom is 0.293 e. The van der Waals surface area contributed by atoms with Gasteiger partial charge >= 0.3 is 0 Å². The van der Waals surface area contributed by atoms with Crippen LogP contribution in [0.25, 0.3) is 0 Å². The number of morpholine rings is 1. The van der Waals surface area contributed by atoms with Gasteiger partial charge in [-0.3, -0.25) is 10.1 Å². The SMILES string of the molecule is CCC1(C)CN(c2ccc(C#N)cc2[N+](=O)[O-])CCO1. The molecule has 0 N–H and O–H groups in total. The molecule has 1 unspecified atom stereocenters. The Labute approximate surface area is 117 Å².